The van der Waals surface area contributed by atoms with E-state index in [1.807, 2.05) is 24.3 Å². The Morgan fingerprint density at radius 2 is 1.27 bits per heavy atom. The summed E-state index contributed by atoms with van der Waals surface area (Å²) in [5.74, 6) is 3.94. The Kier molecular flexibility index (Phi) is 7.01. The van der Waals surface area contributed by atoms with Gasteiger partial charge < -0.3 is 14.2 Å². The molecular formula is C40H42O4S. The second-order valence-electron chi connectivity index (χ2n) is 14.3. The van der Waals surface area contributed by atoms with Crippen LogP contribution in [0.25, 0.3) is 11.1 Å². The van der Waals surface area contributed by atoms with E-state index in [-0.39, 0.29) is 18.2 Å². The minimum atomic E-state index is -0.587. The van der Waals surface area contributed by atoms with Crippen LogP contribution in [0.3, 0.4) is 0 Å². The van der Waals surface area contributed by atoms with Crippen molar-refractivity contribution in [1.29, 1.82) is 0 Å². The molecule has 0 unspecified atom stereocenters. The average molecular weight is 619 g/mol. The highest BCUT2D eigenvalue weighted by Crippen LogP contribution is 2.62. The van der Waals surface area contributed by atoms with Gasteiger partial charge in [0.15, 0.2) is 6.61 Å². The molecule has 5 heteroatoms. The van der Waals surface area contributed by atoms with Gasteiger partial charge >= 0.3 is 5.97 Å². The van der Waals surface area contributed by atoms with Crippen molar-refractivity contribution in [2.45, 2.75) is 78.8 Å². The zero-order valence-corrected chi connectivity index (χ0v) is 27.3. The van der Waals surface area contributed by atoms with E-state index >= 15 is 0 Å². The van der Waals surface area contributed by atoms with E-state index < -0.39 is 16.5 Å². The van der Waals surface area contributed by atoms with E-state index in [2.05, 4.69) is 93.6 Å². The Balaban J connectivity index is 0.897. The maximum atomic E-state index is 12.9. The fourth-order valence-electron chi connectivity index (χ4n) is 8.87. The Hall–Kier alpha value is -3.70. The molecule has 4 aromatic carbocycles. The molecule has 0 radical (unpaired) electrons. The van der Waals surface area contributed by atoms with E-state index in [1.54, 1.807) is 0 Å². The van der Waals surface area contributed by atoms with E-state index in [0.717, 1.165) is 23.1 Å². The van der Waals surface area contributed by atoms with Crippen LogP contribution in [0.4, 0.5) is 0 Å². The molecular weight excluding hydrogens is 577 g/mol. The summed E-state index contributed by atoms with van der Waals surface area (Å²) in [5, 5.41) is 0. The molecule has 4 bridgehead atoms. The first-order valence-corrected chi connectivity index (χ1v) is 17.8. The van der Waals surface area contributed by atoms with Crippen LogP contribution in [0.15, 0.2) is 112 Å². The molecule has 0 aromatic heterocycles. The van der Waals surface area contributed by atoms with Crippen LogP contribution in [0.5, 0.6) is 11.5 Å². The van der Waals surface area contributed by atoms with Crippen molar-refractivity contribution in [1.82, 2.24) is 0 Å². The third-order valence-electron chi connectivity index (χ3n) is 11.0. The highest BCUT2D eigenvalue weighted by Gasteiger charge is 2.57. The highest BCUT2D eigenvalue weighted by atomic mass is 32.2. The van der Waals surface area contributed by atoms with Crippen LogP contribution in [0, 0.1) is 23.7 Å². The van der Waals surface area contributed by atoms with Crippen molar-refractivity contribution in [2.24, 2.45) is 23.7 Å². The fourth-order valence-corrected chi connectivity index (χ4v) is 11.5. The first kappa shape index (κ1) is 28.8. The summed E-state index contributed by atoms with van der Waals surface area (Å²) < 4.78 is 18.6. The maximum Gasteiger partial charge on any atom is 0.344 e. The Bertz CT molecular complexity index is 1650. The SMILES string of the molecule is CC(C)(Oc1ccc([SH]2c3ccccc3-c3ccccc32)cc1)c1ccc(OCC(=O)OC2(C)C3CC4CC(C3)CC2C4)cc1. The lowest BCUT2D eigenvalue weighted by Crippen LogP contribution is -2.58. The number of carbonyl (C=O) groups is 1. The first-order valence-electron chi connectivity index (χ1n) is 16.5. The lowest BCUT2D eigenvalue weighted by Gasteiger charge is -2.59. The number of hydrogen-bond donors (Lipinski definition) is 1. The van der Waals surface area contributed by atoms with Crippen LogP contribution in [-0.2, 0) is 15.1 Å². The summed E-state index contributed by atoms with van der Waals surface area (Å²) in [6, 6.07) is 34.1. The van der Waals surface area contributed by atoms with Gasteiger partial charge in [0.1, 0.15) is 22.7 Å². The van der Waals surface area contributed by atoms with Gasteiger partial charge in [0, 0.05) is 9.79 Å². The molecule has 0 atom stereocenters. The molecule has 4 saturated carbocycles. The lowest BCUT2D eigenvalue weighted by molar-refractivity contribution is -0.204. The number of carbonyl (C=O) groups excluding carboxylic acids is 1. The van der Waals surface area contributed by atoms with Crippen LogP contribution < -0.4 is 9.47 Å². The molecule has 45 heavy (non-hydrogen) atoms. The van der Waals surface area contributed by atoms with Gasteiger partial charge in [0.05, 0.1) is 0 Å². The van der Waals surface area contributed by atoms with Crippen LogP contribution in [0.2, 0.25) is 0 Å². The van der Waals surface area contributed by atoms with Crippen molar-refractivity contribution in [2.75, 3.05) is 6.61 Å². The molecule has 0 saturated heterocycles. The van der Waals surface area contributed by atoms with Crippen LogP contribution >= 0.6 is 10.9 Å². The van der Waals surface area contributed by atoms with E-state index in [1.165, 1.54) is 57.9 Å². The molecule has 232 valence electrons. The van der Waals surface area contributed by atoms with E-state index in [9.17, 15) is 4.79 Å². The summed E-state index contributed by atoms with van der Waals surface area (Å²) in [7, 11) is -0.587. The third kappa shape index (κ3) is 5.13. The predicted molar refractivity (Wildman–Crippen MR) is 179 cm³/mol. The first-order chi connectivity index (χ1) is 21.8. The van der Waals surface area contributed by atoms with Crippen molar-refractivity contribution < 1.29 is 19.0 Å². The molecule has 4 aromatic rings. The smallest absolute Gasteiger partial charge is 0.344 e. The van der Waals surface area contributed by atoms with Gasteiger partial charge in [-0.05, 0) is 147 Å². The molecule has 1 aliphatic heterocycles. The third-order valence-corrected chi connectivity index (χ3v) is 13.6. The van der Waals surface area contributed by atoms with Crippen molar-refractivity contribution in [3.63, 3.8) is 0 Å². The predicted octanol–water partition coefficient (Wildman–Crippen LogP) is 9.60. The number of ether oxygens (including phenoxy) is 3. The topological polar surface area (TPSA) is 44.8 Å². The highest BCUT2D eigenvalue weighted by molar-refractivity contribution is 8.17. The molecule has 4 aliphatic carbocycles. The van der Waals surface area contributed by atoms with Crippen molar-refractivity contribution >= 4 is 16.9 Å². The van der Waals surface area contributed by atoms with E-state index in [4.69, 9.17) is 14.2 Å². The molecule has 4 fully saturated rings. The van der Waals surface area contributed by atoms with Gasteiger partial charge in [-0.15, -0.1) is 0 Å². The molecule has 4 nitrogen and oxygen atoms in total. The maximum absolute atomic E-state index is 12.9. The minimum absolute atomic E-state index is 0.0645. The summed E-state index contributed by atoms with van der Waals surface area (Å²) >= 11 is 0. The van der Waals surface area contributed by atoms with Gasteiger partial charge in [-0.3, -0.25) is 0 Å². The fraction of sp³-hybridized carbons (Fsp3) is 0.375. The molecule has 9 rings (SSSR count). The van der Waals surface area contributed by atoms with Crippen LogP contribution in [-0.4, -0.2) is 18.2 Å². The summed E-state index contributed by atoms with van der Waals surface area (Å²) in [5.41, 5.74) is 2.85. The van der Waals surface area contributed by atoms with Crippen molar-refractivity contribution in [3.05, 3.63) is 103 Å². The van der Waals surface area contributed by atoms with Crippen molar-refractivity contribution in [3.8, 4) is 22.6 Å². The number of hydrogen-bond acceptors (Lipinski definition) is 4. The zero-order chi connectivity index (χ0) is 30.8. The summed E-state index contributed by atoms with van der Waals surface area (Å²) in [6.07, 6.45) is 6.24. The monoisotopic (exact) mass is 618 g/mol. The van der Waals surface area contributed by atoms with Gasteiger partial charge in [0.25, 0.3) is 0 Å². The molecule has 1 heterocycles. The second-order valence-corrected chi connectivity index (χ2v) is 16.4. The van der Waals surface area contributed by atoms with Gasteiger partial charge in [-0.1, -0.05) is 48.5 Å². The lowest BCUT2D eigenvalue weighted by atomic mass is 9.50. The second kappa shape index (κ2) is 11.0. The molecule has 0 spiro atoms. The quantitative estimate of drug-likeness (QED) is 0.139. The summed E-state index contributed by atoms with van der Waals surface area (Å²) in [6.45, 7) is 6.27. The van der Waals surface area contributed by atoms with E-state index in [0.29, 0.717) is 17.6 Å². The Morgan fingerprint density at radius 3 is 1.84 bits per heavy atom. The Morgan fingerprint density at radius 1 is 0.733 bits per heavy atom. The minimum Gasteiger partial charge on any atom is -0.483 e. The van der Waals surface area contributed by atoms with Gasteiger partial charge in [0.2, 0.25) is 0 Å². The number of benzene rings is 4. The molecule has 5 aliphatic rings. The number of esters is 1. The average Bonchev–Trinajstić information content (AvgIpc) is 3.37. The van der Waals surface area contributed by atoms with Gasteiger partial charge in [-0.2, -0.15) is 10.9 Å². The number of fused-ring (bicyclic) bond motifs is 3. The Labute approximate surface area is 269 Å². The van der Waals surface area contributed by atoms with Gasteiger partial charge in [-0.25, -0.2) is 4.79 Å². The number of rotatable bonds is 8. The largest absolute Gasteiger partial charge is 0.483 e. The molecule has 0 amide bonds. The standard InChI is InChI=1S/C40H42O4S/c1-39(2,43-32-16-18-33(19-17-32)45-36-10-6-4-8-34(36)35-9-5-7-11-37(35)45)28-12-14-31(15-13-28)42-25-38(41)44-40(3)29-21-26-20-27(23-29)24-30(40)22-26/h4-19,26-27,29-30,45H,20-25H2,1-3H3. The molecule has 0 N–H and O–H groups in total. The summed E-state index contributed by atoms with van der Waals surface area (Å²) in [4.78, 5) is 17.1. The number of thiol groups is 1. The van der Waals surface area contributed by atoms with Crippen LogP contribution in [0.1, 0.15) is 58.4 Å². The zero-order valence-electron chi connectivity index (χ0n) is 26.4. The normalized spacial score (nSPS) is 26.7.